The maximum atomic E-state index is 15.2. The summed E-state index contributed by atoms with van der Waals surface area (Å²) in [6, 6.07) is 19.6. The maximum Gasteiger partial charge on any atom is 0.408 e. The van der Waals surface area contributed by atoms with Gasteiger partial charge in [-0.05, 0) is 56.5 Å². The second-order valence-corrected chi connectivity index (χ2v) is 21.2. The number of rotatable bonds is 15. The minimum absolute atomic E-state index is 0.0382. The zero-order valence-corrected chi connectivity index (χ0v) is 42.3. The number of alkyl carbamates (subject to hydrolysis) is 1. The zero-order valence-electron chi connectivity index (χ0n) is 42.3. The molecule has 1 aliphatic heterocycles. The van der Waals surface area contributed by atoms with Gasteiger partial charge < -0.3 is 73.9 Å². The number of hydrogen-bond donors (Lipinski definition) is 7. The summed E-state index contributed by atoms with van der Waals surface area (Å²) in [6.07, 6.45) is -15.3. The van der Waals surface area contributed by atoms with Crippen molar-refractivity contribution in [1.29, 1.82) is 0 Å². The van der Waals surface area contributed by atoms with Crippen LogP contribution in [0.1, 0.15) is 90.2 Å². The van der Waals surface area contributed by atoms with Gasteiger partial charge in [-0.2, -0.15) is 0 Å². The summed E-state index contributed by atoms with van der Waals surface area (Å²) >= 11 is 0. The first-order valence-corrected chi connectivity index (χ1v) is 24.2. The van der Waals surface area contributed by atoms with Crippen LogP contribution in [0.3, 0.4) is 0 Å². The molecule has 7 rings (SSSR count). The molecule has 2 bridgehead atoms. The molecule has 3 aliphatic carbocycles. The lowest BCUT2D eigenvalue weighted by molar-refractivity contribution is -0.432. The molecule has 1 saturated heterocycles. The van der Waals surface area contributed by atoms with E-state index in [4.69, 9.17) is 37.9 Å². The van der Waals surface area contributed by atoms with E-state index in [0.717, 1.165) is 6.92 Å². The number of esters is 4. The first kappa shape index (κ1) is 55.4. The number of carboxylic acid groups (broad SMARTS) is 1. The third kappa shape index (κ3) is 9.88. The van der Waals surface area contributed by atoms with Gasteiger partial charge in [0.1, 0.15) is 29.5 Å². The van der Waals surface area contributed by atoms with Crippen molar-refractivity contribution in [2.24, 2.45) is 22.7 Å². The first-order chi connectivity index (χ1) is 34.6. The molecular weight excluding hydrogens is 971 g/mol. The second kappa shape index (κ2) is 20.7. The van der Waals surface area contributed by atoms with E-state index in [1.54, 1.807) is 52.0 Å². The van der Waals surface area contributed by atoms with Crippen molar-refractivity contribution in [3.8, 4) is 11.5 Å². The molecule has 74 heavy (non-hydrogen) atoms. The number of benzene rings is 3. The lowest BCUT2D eigenvalue weighted by Crippen LogP contribution is -2.92. The minimum atomic E-state index is -3.02. The SMILES string of the molecule is CC(=O)O[C@@]12CO[C@@H]1C[C@H](O)[C@@]1(C)[C@H](O)[C@H](O)C3[C@H](C)C(OC(=O)[C@H](OC(=O)COc4ccccc4OCC(=O)O)[C@@H](NC(=O)OC(C)(C)C)c4ccccc4)C[C@@](O)([C@@H](OC(=O)c4ccccc4)[C@@]12O)C3(C)C. The van der Waals surface area contributed by atoms with Crippen LogP contribution in [0.25, 0.3) is 0 Å². The van der Waals surface area contributed by atoms with Crippen LogP contribution in [-0.4, -0.2) is 152 Å². The summed E-state index contributed by atoms with van der Waals surface area (Å²) in [6.45, 7) is 9.40. The number of carbonyl (C=O) groups is 6. The topological polar surface area (TPSA) is 310 Å². The quantitative estimate of drug-likeness (QED) is 0.0849. The van der Waals surface area contributed by atoms with E-state index in [0.29, 0.717) is 0 Å². The molecule has 2 unspecified atom stereocenters. The number of aliphatic hydroxyl groups is 5. The molecule has 0 spiro atoms. The van der Waals surface area contributed by atoms with Crippen LogP contribution in [-0.2, 0) is 47.6 Å². The van der Waals surface area contributed by atoms with E-state index in [9.17, 15) is 54.6 Å². The average molecular weight is 1040 g/mol. The number of hydrogen-bond acceptors (Lipinski definition) is 19. The number of nitrogens with one attached hydrogen (secondary N) is 1. The van der Waals surface area contributed by atoms with Crippen LogP contribution in [0, 0.1) is 22.7 Å². The minimum Gasteiger partial charge on any atom is -0.479 e. The molecule has 0 radical (unpaired) electrons. The van der Waals surface area contributed by atoms with Crippen LogP contribution in [0.2, 0.25) is 0 Å². The summed E-state index contributed by atoms with van der Waals surface area (Å²) in [4.78, 5) is 81.6. The smallest absolute Gasteiger partial charge is 0.408 e. The summed E-state index contributed by atoms with van der Waals surface area (Å²) < 4.78 is 46.8. The van der Waals surface area contributed by atoms with Gasteiger partial charge in [0.25, 0.3) is 0 Å². The maximum absolute atomic E-state index is 15.2. The largest absolute Gasteiger partial charge is 0.479 e. The van der Waals surface area contributed by atoms with E-state index < -0.39 is 156 Å². The lowest BCUT2D eigenvalue weighted by atomic mass is 9.40. The highest BCUT2D eigenvalue weighted by atomic mass is 16.7. The fourth-order valence-corrected chi connectivity index (χ4v) is 11.6. The van der Waals surface area contributed by atoms with Crippen molar-refractivity contribution in [3.05, 3.63) is 96.1 Å². The van der Waals surface area contributed by atoms with Crippen molar-refractivity contribution < 1.29 is 97.3 Å². The van der Waals surface area contributed by atoms with E-state index in [2.05, 4.69) is 5.32 Å². The highest BCUT2D eigenvalue weighted by Gasteiger charge is 2.86. The van der Waals surface area contributed by atoms with Gasteiger partial charge in [0.15, 0.2) is 42.0 Å². The summed E-state index contributed by atoms with van der Waals surface area (Å²) in [5.41, 5.74) is -13.0. The monoisotopic (exact) mass is 1040 g/mol. The molecule has 1 amide bonds. The Morgan fingerprint density at radius 1 is 0.824 bits per heavy atom. The molecule has 3 aromatic carbocycles. The third-order valence-electron chi connectivity index (χ3n) is 15.3. The molecule has 4 fully saturated rings. The Morgan fingerprint density at radius 2 is 1.41 bits per heavy atom. The Hall–Kier alpha value is -6.36. The van der Waals surface area contributed by atoms with E-state index in [1.807, 2.05) is 0 Å². The predicted octanol–water partition coefficient (Wildman–Crippen LogP) is 3.20. The number of fused-ring (bicyclic) bond motifs is 5. The van der Waals surface area contributed by atoms with Crippen LogP contribution < -0.4 is 14.8 Å². The van der Waals surface area contributed by atoms with Gasteiger partial charge in [0.2, 0.25) is 6.10 Å². The fourth-order valence-electron chi connectivity index (χ4n) is 11.6. The summed E-state index contributed by atoms with van der Waals surface area (Å²) in [7, 11) is 0. The number of aliphatic carboxylic acids is 1. The normalized spacial score (nSPS) is 32.6. The Labute approximate surface area is 426 Å². The van der Waals surface area contributed by atoms with Gasteiger partial charge >= 0.3 is 35.9 Å². The fraction of sp³-hybridized carbons (Fsp3) is 0.547. The Balaban J connectivity index is 1.34. The summed E-state index contributed by atoms with van der Waals surface area (Å²) in [5.74, 6) is -8.41. The van der Waals surface area contributed by atoms with Gasteiger partial charge in [-0.3, -0.25) is 4.79 Å². The molecule has 402 valence electrons. The molecule has 3 saturated carbocycles. The Bertz CT molecular complexity index is 2570. The molecule has 21 nitrogen and oxygen atoms in total. The van der Waals surface area contributed by atoms with Crippen molar-refractivity contribution in [3.63, 3.8) is 0 Å². The number of amides is 1. The summed E-state index contributed by atoms with van der Waals surface area (Å²) in [5, 5.41) is 76.9. The molecule has 0 aromatic heterocycles. The van der Waals surface area contributed by atoms with E-state index in [1.165, 1.54) is 81.4 Å². The van der Waals surface area contributed by atoms with Gasteiger partial charge in [0, 0.05) is 31.1 Å². The molecule has 1 heterocycles. The third-order valence-corrected chi connectivity index (χ3v) is 15.3. The highest BCUT2D eigenvalue weighted by molar-refractivity contribution is 5.89. The Kier molecular flexibility index (Phi) is 15.5. The van der Waals surface area contributed by atoms with Crippen LogP contribution in [0.15, 0.2) is 84.9 Å². The van der Waals surface area contributed by atoms with Crippen molar-refractivity contribution in [2.75, 3.05) is 19.8 Å². The molecule has 7 N–H and O–H groups in total. The average Bonchev–Trinajstić information content (AvgIpc) is 3.33. The van der Waals surface area contributed by atoms with Gasteiger partial charge in [-0.15, -0.1) is 0 Å². The second-order valence-electron chi connectivity index (χ2n) is 21.2. The van der Waals surface area contributed by atoms with Crippen LogP contribution >= 0.6 is 0 Å². The zero-order chi connectivity index (χ0) is 54.3. The van der Waals surface area contributed by atoms with Gasteiger partial charge in [0.05, 0.1) is 35.9 Å². The lowest BCUT2D eigenvalue weighted by Gasteiger charge is -2.73. The van der Waals surface area contributed by atoms with E-state index >= 15 is 4.79 Å². The highest BCUT2D eigenvalue weighted by Crippen LogP contribution is 2.67. The van der Waals surface area contributed by atoms with Crippen molar-refractivity contribution in [2.45, 2.75) is 139 Å². The molecule has 21 heteroatoms. The van der Waals surface area contributed by atoms with Crippen LogP contribution in [0.4, 0.5) is 4.79 Å². The van der Waals surface area contributed by atoms with Crippen molar-refractivity contribution >= 4 is 35.9 Å². The number of para-hydroxylation sites is 2. The number of carbonyl (C=O) groups excluding carboxylic acids is 5. The standard InChI is InChI=1S/C53H65NO20/c1-28-34(70-45(63)42(40(30-17-11-9-12-18-30)54-47(64)74-48(3,4)5)71-38(59)26-68-33-22-16-15-21-32(33)67-25-37(57)58)24-51(65)46(72-44(62)31-19-13-10-14-20-31)53(66)50(8,43(61)41(60)39(28)49(51,6)7)35(56)23-36-52(53,27-69-36)73-29(2)55/h9-22,28,34-36,39-43,46,56,60-61,65-66H,23-27H2,1-8H3,(H,54,64)(H,57,58)/t28-,34?,35+,36-,39?,40+,41-,42-,43-,46-,50+,51-,52+,53-/m1/s1. The number of ether oxygens (including phenoxy) is 8. The van der Waals surface area contributed by atoms with Gasteiger partial charge in [-0.25, -0.2) is 24.0 Å². The van der Waals surface area contributed by atoms with Gasteiger partial charge in [-0.1, -0.05) is 88.4 Å². The van der Waals surface area contributed by atoms with Crippen molar-refractivity contribution in [1.82, 2.24) is 5.32 Å². The molecule has 3 aromatic rings. The molecular formula is C53H65NO20. The Morgan fingerprint density at radius 3 is 1.96 bits per heavy atom. The molecule has 4 aliphatic rings. The van der Waals surface area contributed by atoms with Crippen LogP contribution in [0.5, 0.6) is 11.5 Å². The molecule has 14 atom stereocenters. The number of carboxylic acids is 1. The first-order valence-electron chi connectivity index (χ1n) is 24.2. The predicted molar refractivity (Wildman–Crippen MR) is 255 cm³/mol. The number of aliphatic hydroxyl groups excluding tert-OH is 3. The van der Waals surface area contributed by atoms with E-state index in [-0.39, 0.29) is 29.0 Å².